The van der Waals surface area contributed by atoms with Crippen LogP contribution in [-0.4, -0.2) is 39.3 Å². The van der Waals surface area contributed by atoms with Crippen molar-refractivity contribution in [1.29, 1.82) is 0 Å². The molecule has 1 aliphatic heterocycles. The first-order valence-corrected chi connectivity index (χ1v) is 8.64. The number of nitrogens with one attached hydrogen (secondary N) is 2. The number of hydrogen-bond donors (Lipinski definition) is 2. The summed E-state index contributed by atoms with van der Waals surface area (Å²) in [7, 11) is 0. The second kappa shape index (κ2) is 6.52. The summed E-state index contributed by atoms with van der Waals surface area (Å²) >= 11 is 1.53. The maximum atomic E-state index is 12.7. The van der Waals surface area contributed by atoms with Crippen LogP contribution in [0.5, 0.6) is 11.6 Å². The topological polar surface area (TPSA) is 102 Å². The lowest BCUT2D eigenvalue weighted by atomic mass is 10.2. The summed E-state index contributed by atoms with van der Waals surface area (Å²) in [5, 5.41) is 13.5. The van der Waals surface area contributed by atoms with Gasteiger partial charge in [0.1, 0.15) is 13.2 Å². The molecule has 25 heavy (non-hydrogen) atoms. The van der Waals surface area contributed by atoms with Crippen molar-refractivity contribution in [3.8, 4) is 23.0 Å². The van der Waals surface area contributed by atoms with Gasteiger partial charge in [-0.2, -0.15) is 21.4 Å². The molecule has 4 heterocycles. The highest BCUT2D eigenvalue weighted by Crippen LogP contribution is 2.33. The summed E-state index contributed by atoms with van der Waals surface area (Å²) < 4.78 is 11.1. The number of aromatic nitrogens is 4. The van der Waals surface area contributed by atoms with Crippen LogP contribution in [0.2, 0.25) is 0 Å². The molecule has 0 aliphatic carbocycles. The number of aromatic amines is 1. The van der Waals surface area contributed by atoms with Crippen LogP contribution in [0.3, 0.4) is 0 Å². The SMILES string of the molecule is Cc1[nH]ncc1CNC(=O)c1nc(-c2ccsc2)nc2c1OCCO2. The average Bonchev–Trinajstić information content (AvgIpc) is 3.30. The Morgan fingerprint density at radius 1 is 1.36 bits per heavy atom. The zero-order chi connectivity index (χ0) is 17.2. The highest BCUT2D eigenvalue weighted by Gasteiger charge is 2.26. The van der Waals surface area contributed by atoms with Crippen LogP contribution >= 0.6 is 11.3 Å². The third-order valence-corrected chi connectivity index (χ3v) is 4.45. The molecule has 128 valence electrons. The summed E-state index contributed by atoms with van der Waals surface area (Å²) in [6, 6.07) is 1.90. The van der Waals surface area contributed by atoms with Crippen molar-refractivity contribution in [3.05, 3.63) is 40.0 Å². The minimum Gasteiger partial charge on any atom is -0.483 e. The Balaban J connectivity index is 1.66. The predicted molar refractivity (Wildman–Crippen MR) is 90.8 cm³/mol. The number of fused-ring (bicyclic) bond motifs is 1. The van der Waals surface area contributed by atoms with Gasteiger partial charge in [0, 0.05) is 28.7 Å². The van der Waals surface area contributed by atoms with Gasteiger partial charge in [-0.1, -0.05) is 0 Å². The zero-order valence-electron chi connectivity index (χ0n) is 13.4. The molecule has 0 atom stereocenters. The quantitative estimate of drug-likeness (QED) is 0.740. The molecule has 4 rings (SSSR count). The largest absolute Gasteiger partial charge is 0.483 e. The van der Waals surface area contributed by atoms with E-state index in [2.05, 4.69) is 25.5 Å². The number of carbonyl (C=O) groups excluding carboxylic acids is 1. The van der Waals surface area contributed by atoms with E-state index in [1.165, 1.54) is 11.3 Å². The van der Waals surface area contributed by atoms with Gasteiger partial charge >= 0.3 is 0 Å². The van der Waals surface area contributed by atoms with Crippen LogP contribution in [0.4, 0.5) is 0 Å². The molecule has 3 aromatic rings. The van der Waals surface area contributed by atoms with Crippen LogP contribution in [-0.2, 0) is 6.54 Å². The summed E-state index contributed by atoms with van der Waals surface area (Å²) in [5.41, 5.74) is 2.82. The van der Waals surface area contributed by atoms with E-state index in [1.807, 2.05) is 23.8 Å². The highest BCUT2D eigenvalue weighted by atomic mass is 32.1. The number of aryl methyl sites for hydroxylation is 1. The number of ether oxygens (including phenoxy) is 2. The molecule has 1 aliphatic rings. The molecule has 0 saturated heterocycles. The van der Waals surface area contributed by atoms with Crippen LogP contribution in [0.15, 0.2) is 23.0 Å². The summed E-state index contributed by atoms with van der Waals surface area (Å²) in [6.07, 6.45) is 1.68. The molecular formula is C16H15N5O3S. The molecule has 2 N–H and O–H groups in total. The Hall–Kier alpha value is -2.94. The van der Waals surface area contributed by atoms with Gasteiger partial charge in [0.15, 0.2) is 11.5 Å². The number of thiophene rings is 1. The van der Waals surface area contributed by atoms with Crippen molar-refractivity contribution in [3.63, 3.8) is 0 Å². The summed E-state index contributed by atoms with van der Waals surface area (Å²) in [6.45, 7) is 2.99. The summed E-state index contributed by atoms with van der Waals surface area (Å²) in [4.78, 5) is 21.5. The van der Waals surface area contributed by atoms with Gasteiger partial charge in [-0.05, 0) is 18.4 Å². The van der Waals surface area contributed by atoms with E-state index in [-0.39, 0.29) is 17.4 Å². The van der Waals surface area contributed by atoms with E-state index in [9.17, 15) is 4.79 Å². The Labute approximate surface area is 147 Å². The van der Waals surface area contributed by atoms with Crippen LogP contribution < -0.4 is 14.8 Å². The van der Waals surface area contributed by atoms with Gasteiger partial charge in [0.05, 0.1) is 6.20 Å². The predicted octanol–water partition coefficient (Wildman–Crippen LogP) is 1.94. The van der Waals surface area contributed by atoms with E-state index in [1.54, 1.807) is 6.20 Å². The molecule has 8 nitrogen and oxygen atoms in total. The molecule has 0 radical (unpaired) electrons. The Kier molecular flexibility index (Phi) is 4.06. The number of hydrogen-bond acceptors (Lipinski definition) is 7. The third-order valence-electron chi connectivity index (χ3n) is 3.77. The van der Waals surface area contributed by atoms with Crippen LogP contribution in [0, 0.1) is 6.92 Å². The number of carbonyl (C=O) groups is 1. The number of H-pyrrole nitrogens is 1. The van der Waals surface area contributed by atoms with Crippen LogP contribution in [0.1, 0.15) is 21.7 Å². The lowest BCUT2D eigenvalue weighted by Crippen LogP contribution is -2.27. The number of amides is 1. The monoisotopic (exact) mass is 357 g/mol. The van der Waals surface area contributed by atoms with Gasteiger partial charge in [0.25, 0.3) is 11.8 Å². The van der Waals surface area contributed by atoms with E-state index >= 15 is 0 Å². The Morgan fingerprint density at radius 3 is 3.00 bits per heavy atom. The highest BCUT2D eigenvalue weighted by molar-refractivity contribution is 7.08. The first kappa shape index (κ1) is 15.6. The second-order valence-corrected chi connectivity index (χ2v) is 6.22. The van der Waals surface area contributed by atoms with E-state index in [0.717, 1.165) is 16.8 Å². The maximum Gasteiger partial charge on any atom is 0.274 e. The van der Waals surface area contributed by atoms with Gasteiger partial charge < -0.3 is 14.8 Å². The number of nitrogens with zero attached hydrogens (tertiary/aromatic N) is 3. The van der Waals surface area contributed by atoms with Crippen molar-refractivity contribution in [2.45, 2.75) is 13.5 Å². The normalized spacial score (nSPS) is 12.8. The fraction of sp³-hybridized carbons (Fsp3) is 0.250. The molecule has 0 bridgehead atoms. The number of rotatable bonds is 4. The average molecular weight is 357 g/mol. The molecule has 0 unspecified atom stereocenters. The molecule has 9 heteroatoms. The summed E-state index contributed by atoms with van der Waals surface area (Å²) in [5.74, 6) is 0.676. The van der Waals surface area contributed by atoms with Gasteiger partial charge in [-0.25, -0.2) is 4.98 Å². The zero-order valence-corrected chi connectivity index (χ0v) is 14.2. The molecule has 0 fully saturated rings. The lowest BCUT2D eigenvalue weighted by Gasteiger charge is -2.19. The maximum absolute atomic E-state index is 12.7. The Morgan fingerprint density at radius 2 is 2.24 bits per heavy atom. The van der Waals surface area contributed by atoms with Crippen molar-refractivity contribution < 1.29 is 14.3 Å². The van der Waals surface area contributed by atoms with Gasteiger partial charge in [0.2, 0.25) is 5.75 Å². The fourth-order valence-corrected chi connectivity index (χ4v) is 3.06. The van der Waals surface area contributed by atoms with Crippen molar-refractivity contribution >= 4 is 17.2 Å². The van der Waals surface area contributed by atoms with Crippen LogP contribution in [0.25, 0.3) is 11.4 Å². The Bertz CT molecular complexity index is 907. The molecule has 0 saturated carbocycles. The van der Waals surface area contributed by atoms with Crippen molar-refractivity contribution in [2.24, 2.45) is 0 Å². The van der Waals surface area contributed by atoms with E-state index in [0.29, 0.717) is 31.5 Å². The smallest absolute Gasteiger partial charge is 0.274 e. The lowest BCUT2D eigenvalue weighted by molar-refractivity contribution is 0.0931. The minimum absolute atomic E-state index is 0.173. The second-order valence-electron chi connectivity index (χ2n) is 5.44. The van der Waals surface area contributed by atoms with E-state index < -0.39 is 0 Å². The van der Waals surface area contributed by atoms with E-state index in [4.69, 9.17) is 9.47 Å². The molecule has 0 spiro atoms. The standard InChI is InChI=1S/C16H15N5O3S/c1-9-11(7-18-21-9)6-17-15(22)12-13-16(24-4-3-23-13)20-14(19-12)10-2-5-25-8-10/h2,5,7-8H,3-4,6H2,1H3,(H,17,22)(H,18,21). The first-order valence-electron chi connectivity index (χ1n) is 7.69. The molecule has 0 aromatic carbocycles. The molecule has 3 aromatic heterocycles. The third kappa shape index (κ3) is 3.05. The van der Waals surface area contributed by atoms with Crippen molar-refractivity contribution in [1.82, 2.24) is 25.5 Å². The van der Waals surface area contributed by atoms with Gasteiger partial charge in [-0.3, -0.25) is 9.89 Å². The van der Waals surface area contributed by atoms with Crippen molar-refractivity contribution in [2.75, 3.05) is 13.2 Å². The van der Waals surface area contributed by atoms with Gasteiger partial charge in [-0.15, -0.1) is 0 Å². The first-order chi connectivity index (χ1) is 12.2. The minimum atomic E-state index is -0.346. The molecular weight excluding hydrogens is 342 g/mol. The fourth-order valence-electron chi connectivity index (χ4n) is 2.43. The molecule has 1 amide bonds.